The molecule has 2 aromatic carbocycles. The van der Waals surface area contributed by atoms with Crippen molar-refractivity contribution in [2.75, 3.05) is 24.5 Å². The normalized spacial score (nSPS) is 15.8. The van der Waals surface area contributed by atoms with Gasteiger partial charge in [0.15, 0.2) is 11.5 Å². The van der Waals surface area contributed by atoms with Crippen molar-refractivity contribution in [1.29, 1.82) is 0 Å². The van der Waals surface area contributed by atoms with Gasteiger partial charge >= 0.3 is 5.97 Å². The maximum atomic E-state index is 13.2. The molecule has 3 aromatic rings. The molecule has 35 heavy (non-hydrogen) atoms. The first-order valence-corrected chi connectivity index (χ1v) is 12.0. The number of ether oxygens (including phenoxy) is 1. The van der Waals surface area contributed by atoms with Crippen LogP contribution in [0.2, 0.25) is 5.02 Å². The summed E-state index contributed by atoms with van der Waals surface area (Å²) in [5, 5.41) is 13.5. The van der Waals surface area contributed by atoms with E-state index in [0.29, 0.717) is 48.3 Å². The lowest BCUT2D eigenvalue weighted by Crippen LogP contribution is -2.49. The van der Waals surface area contributed by atoms with E-state index in [9.17, 15) is 9.59 Å². The van der Waals surface area contributed by atoms with E-state index in [1.54, 1.807) is 23.1 Å². The number of carbonyl (C=O) groups is 2. The number of nitrogens with zero attached hydrogens (tertiary/aromatic N) is 3. The number of fused-ring (bicyclic) bond motifs is 1. The summed E-state index contributed by atoms with van der Waals surface area (Å²) in [4.78, 5) is 28.1. The van der Waals surface area contributed by atoms with E-state index < -0.39 is 5.97 Å². The average molecular weight is 496 g/mol. The lowest BCUT2D eigenvalue weighted by molar-refractivity contribution is -0.147. The molecule has 0 atom stereocenters. The first-order valence-electron chi connectivity index (χ1n) is 11.6. The molecular formula is C26H26ClN3O5. The van der Waals surface area contributed by atoms with Gasteiger partial charge in [0.2, 0.25) is 0 Å². The molecule has 0 saturated carbocycles. The van der Waals surface area contributed by atoms with Crippen molar-refractivity contribution in [3.63, 3.8) is 0 Å². The molecule has 9 heteroatoms. The van der Waals surface area contributed by atoms with Gasteiger partial charge in [-0.3, -0.25) is 14.5 Å². The van der Waals surface area contributed by atoms with Crippen molar-refractivity contribution in [2.24, 2.45) is 5.92 Å². The summed E-state index contributed by atoms with van der Waals surface area (Å²) >= 11 is 6.34. The summed E-state index contributed by atoms with van der Waals surface area (Å²) in [6.07, 6.45) is 0.761. The Kier molecular flexibility index (Phi) is 6.25. The molecule has 0 radical (unpaired) electrons. The van der Waals surface area contributed by atoms with Gasteiger partial charge in [-0.15, -0.1) is 0 Å². The number of hydrogen-bond acceptors (Lipinski definition) is 6. The van der Waals surface area contributed by atoms with Crippen molar-refractivity contribution in [3.8, 4) is 17.1 Å². The van der Waals surface area contributed by atoms with Crippen LogP contribution in [0.1, 0.15) is 35.5 Å². The number of carbonyl (C=O) groups excluding carboxylic acids is 1. The number of carboxylic acids is 1. The Morgan fingerprint density at radius 2 is 2.00 bits per heavy atom. The zero-order valence-electron chi connectivity index (χ0n) is 19.5. The smallest absolute Gasteiger partial charge is 0.309 e. The van der Waals surface area contributed by atoms with Gasteiger partial charge in [-0.2, -0.15) is 0 Å². The minimum absolute atomic E-state index is 0.00674. The van der Waals surface area contributed by atoms with E-state index in [1.807, 2.05) is 32.0 Å². The molecule has 0 aliphatic carbocycles. The number of halogens is 1. The topological polar surface area (TPSA) is 96.1 Å². The van der Waals surface area contributed by atoms with Crippen LogP contribution in [0.5, 0.6) is 5.75 Å². The number of aromatic nitrogens is 1. The molecule has 3 heterocycles. The maximum absolute atomic E-state index is 13.2. The average Bonchev–Trinajstić information content (AvgIpc) is 3.43. The predicted octanol–water partition coefficient (Wildman–Crippen LogP) is 4.50. The second kappa shape index (κ2) is 9.36. The highest BCUT2D eigenvalue weighted by Gasteiger charge is 2.33. The Morgan fingerprint density at radius 1 is 1.20 bits per heavy atom. The number of benzene rings is 2. The number of carboxylic acid groups (broad SMARTS) is 1. The molecule has 182 valence electrons. The minimum atomic E-state index is -0.736. The van der Waals surface area contributed by atoms with E-state index in [-0.39, 0.29) is 23.6 Å². The van der Waals surface area contributed by atoms with Crippen molar-refractivity contribution in [2.45, 2.75) is 32.9 Å². The fourth-order valence-corrected chi connectivity index (χ4v) is 4.76. The number of hydrogen-bond donors (Lipinski definition) is 1. The molecule has 1 fully saturated rings. The molecule has 1 N–H and O–H groups in total. The zero-order valence-corrected chi connectivity index (χ0v) is 20.3. The largest absolute Gasteiger partial charge is 0.489 e. The Bertz CT molecular complexity index is 1280. The van der Waals surface area contributed by atoms with E-state index >= 15 is 0 Å². The minimum Gasteiger partial charge on any atom is -0.489 e. The van der Waals surface area contributed by atoms with Crippen molar-refractivity contribution >= 4 is 29.2 Å². The number of aliphatic carboxylic acids is 1. The molecule has 1 saturated heterocycles. The third-order valence-electron chi connectivity index (χ3n) is 6.31. The van der Waals surface area contributed by atoms with Crippen LogP contribution in [-0.2, 0) is 17.8 Å². The third kappa shape index (κ3) is 4.76. The lowest BCUT2D eigenvalue weighted by Gasteiger charge is -2.36. The summed E-state index contributed by atoms with van der Waals surface area (Å²) in [6, 6.07) is 13.0. The van der Waals surface area contributed by atoms with Crippen molar-refractivity contribution in [3.05, 3.63) is 64.3 Å². The molecule has 8 nitrogen and oxygen atoms in total. The van der Waals surface area contributed by atoms with Gasteiger partial charge in [-0.05, 0) is 55.7 Å². The lowest BCUT2D eigenvalue weighted by atomic mass is 9.99. The second-order valence-corrected chi connectivity index (χ2v) is 9.69. The molecule has 1 aromatic heterocycles. The molecule has 0 spiro atoms. The summed E-state index contributed by atoms with van der Waals surface area (Å²) in [6.45, 7) is 6.28. The van der Waals surface area contributed by atoms with Gasteiger partial charge in [-0.25, -0.2) is 0 Å². The molecule has 1 amide bonds. The fourth-order valence-electron chi connectivity index (χ4n) is 4.53. The Morgan fingerprint density at radius 3 is 2.71 bits per heavy atom. The van der Waals surface area contributed by atoms with Crippen LogP contribution in [0.3, 0.4) is 0 Å². The second-order valence-electron chi connectivity index (χ2n) is 9.29. The van der Waals surface area contributed by atoms with E-state index in [1.165, 1.54) is 0 Å². The Hall–Kier alpha value is -3.36. The van der Waals surface area contributed by atoms with Crippen molar-refractivity contribution < 1.29 is 24.0 Å². The molecule has 2 aliphatic rings. The molecule has 2 aliphatic heterocycles. The first kappa shape index (κ1) is 23.4. The van der Waals surface area contributed by atoms with Crippen LogP contribution < -0.4 is 9.64 Å². The van der Waals surface area contributed by atoms with E-state index in [0.717, 1.165) is 23.2 Å². The highest BCUT2D eigenvalue weighted by atomic mass is 35.5. The number of anilines is 1. The SMILES string of the molecule is CC(C)Oc1ccc(-c2cc(C(=O)N3CCc4cc(CN5CC(C(=O)O)C5)ccc43)no2)cc1Cl. The highest BCUT2D eigenvalue weighted by Crippen LogP contribution is 2.34. The number of amides is 1. The Balaban J connectivity index is 1.27. The molecule has 0 unspecified atom stereocenters. The quantitative estimate of drug-likeness (QED) is 0.515. The fraction of sp³-hybridized carbons (Fsp3) is 0.346. The van der Waals surface area contributed by atoms with Crippen molar-refractivity contribution in [1.82, 2.24) is 10.1 Å². The summed E-state index contributed by atoms with van der Waals surface area (Å²) < 4.78 is 11.1. The Labute approximate surface area is 208 Å². The monoisotopic (exact) mass is 495 g/mol. The standard InChI is InChI=1S/C26H26ClN3O5/c1-15(2)34-23-6-4-18(10-20(23)27)24-11-21(28-35-24)25(31)30-8-7-17-9-16(3-5-22(17)30)12-29-13-19(14-29)26(32)33/h3-6,9-11,15,19H,7-8,12-14H2,1-2H3,(H,32,33). The van der Waals surface area contributed by atoms with Gasteiger partial charge < -0.3 is 19.3 Å². The van der Waals surface area contributed by atoms with Gasteiger partial charge in [0, 0.05) is 43.5 Å². The maximum Gasteiger partial charge on any atom is 0.309 e. The number of rotatable bonds is 7. The van der Waals surface area contributed by atoms with Gasteiger partial charge in [0.05, 0.1) is 17.0 Å². The van der Waals surface area contributed by atoms with Crippen LogP contribution in [0.4, 0.5) is 5.69 Å². The first-order chi connectivity index (χ1) is 16.8. The predicted molar refractivity (Wildman–Crippen MR) is 131 cm³/mol. The molecule has 5 rings (SSSR count). The van der Waals surface area contributed by atoms with Crippen LogP contribution >= 0.6 is 11.6 Å². The summed E-state index contributed by atoms with van der Waals surface area (Å²) in [7, 11) is 0. The van der Waals surface area contributed by atoms with Gasteiger partial charge in [0.1, 0.15) is 5.75 Å². The van der Waals surface area contributed by atoms with Gasteiger partial charge in [-0.1, -0.05) is 28.9 Å². The van der Waals surface area contributed by atoms with Crippen LogP contribution in [0, 0.1) is 5.92 Å². The third-order valence-corrected chi connectivity index (χ3v) is 6.60. The summed E-state index contributed by atoms with van der Waals surface area (Å²) in [5.41, 5.74) is 4.03. The molecular weight excluding hydrogens is 470 g/mol. The van der Waals surface area contributed by atoms with E-state index in [2.05, 4.69) is 16.1 Å². The van der Waals surface area contributed by atoms with Crippen LogP contribution in [0.15, 0.2) is 47.0 Å². The van der Waals surface area contributed by atoms with Crippen LogP contribution in [-0.4, -0.2) is 52.8 Å². The highest BCUT2D eigenvalue weighted by molar-refractivity contribution is 6.32. The number of likely N-dealkylation sites (tertiary alicyclic amines) is 1. The summed E-state index contributed by atoms with van der Waals surface area (Å²) in [5.74, 6) is -0.183. The van der Waals surface area contributed by atoms with E-state index in [4.69, 9.17) is 26.0 Å². The van der Waals surface area contributed by atoms with Gasteiger partial charge in [0.25, 0.3) is 5.91 Å². The van der Waals surface area contributed by atoms with Crippen LogP contribution in [0.25, 0.3) is 11.3 Å². The molecule has 0 bridgehead atoms. The zero-order chi connectivity index (χ0) is 24.7.